The largest absolute Gasteiger partial charge is 0.338 e. The van der Waals surface area contributed by atoms with Crippen LogP contribution in [0.2, 0.25) is 0 Å². The van der Waals surface area contributed by atoms with Crippen molar-refractivity contribution in [3.05, 3.63) is 58.9 Å². The van der Waals surface area contributed by atoms with Gasteiger partial charge in [-0.3, -0.25) is 9.69 Å². The molecule has 2 aliphatic heterocycles. The van der Waals surface area contributed by atoms with Gasteiger partial charge in [-0.05, 0) is 37.1 Å². The van der Waals surface area contributed by atoms with Crippen LogP contribution in [-0.2, 0) is 24.3 Å². The minimum absolute atomic E-state index is 0.102. The summed E-state index contributed by atoms with van der Waals surface area (Å²) < 4.78 is 13.4. The fraction of sp³-hybridized carbons (Fsp3) is 0.476. The second kappa shape index (κ2) is 7.72. The van der Waals surface area contributed by atoms with E-state index in [4.69, 9.17) is 4.98 Å². The van der Waals surface area contributed by atoms with E-state index in [1.165, 1.54) is 6.07 Å². The Balaban J connectivity index is 1.45. The van der Waals surface area contributed by atoms with Crippen LogP contribution in [0.5, 0.6) is 0 Å². The number of halogens is 1. The van der Waals surface area contributed by atoms with Gasteiger partial charge in [-0.15, -0.1) is 0 Å². The first kappa shape index (κ1) is 18.0. The molecule has 0 bridgehead atoms. The van der Waals surface area contributed by atoms with E-state index in [0.29, 0.717) is 12.5 Å². The van der Waals surface area contributed by atoms with Crippen LogP contribution in [0.3, 0.4) is 0 Å². The van der Waals surface area contributed by atoms with Gasteiger partial charge in [0.25, 0.3) is 0 Å². The van der Waals surface area contributed by atoms with Crippen LogP contribution in [0.4, 0.5) is 4.39 Å². The minimum atomic E-state index is -0.182. The molecular formula is C21H25FN4O. The number of hydrogen-bond acceptors (Lipinski definition) is 4. The first-order chi connectivity index (χ1) is 13.1. The number of hydrogen-bond donors (Lipinski definition) is 0. The van der Waals surface area contributed by atoms with E-state index in [2.05, 4.69) is 9.88 Å². The third kappa shape index (κ3) is 4.16. The second-order valence-corrected chi connectivity index (χ2v) is 7.59. The molecule has 0 spiro atoms. The van der Waals surface area contributed by atoms with E-state index in [-0.39, 0.29) is 11.7 Å². The van der Waals surface area contributed by atoms with E-state index in [9.17, 15) is 9.18 Å². The lowest BCUT2D eigenvalue weighted by molar-refractivity contribution is -0.129. The number of fused-ring (bicyclic) bond motifs is 1. The average Bonchev–Trinajstić information content (AvgIpc) is 2.67. The van der Waals surface area contributed by atoms with Crippen molar-refractivity contribution < 1.29 is 9.18 Å². The monoisotopic (exact) mass is 368 g/mol. The third-order valence-electron chi connectivity index (χ3n) is 5.56. The molecule has 0 aliphatic carbocycles. The number of amides is 1. The fourth-order valence-corrected chi connectivity index (χ4v) is 4.10. The molecule has 0 radical (unpaired) electrons. The Morgan fingerprint density at radius 1 is 1.33 bits per heavy atom. The van der Waals surface area contributed by atoms with Crippen LogP contribution >= 0.6 is 0 Å². The van der Waals surface area contributed by atoms with Crippen molar-refractivity contribution in [1.29, 1.82) is 0 Å². The first-order valence-electron chi connectivity index (χ1n) is 9.65. The number of likely N-dealkylation sites (tertiary alicyclic amines) is 1. The standard InChI is InChI=1S/C21H25FN4O/c1-15(27)26-9-7-20-18(14-26)11-23-21(24-20)17-5-3-8-25(13-17)12-16-4-2-6-19(22)10-16/h2,4,6,10-11,17H,3,5,7-9,12-14H2,1H3/t17-/m0/s1. The molecule has 2 aromatic rings. The maximum Gasteiger partial charge on any atom is 0.219 e. The van der Waals surface area contributed by atoms with Gasteiger partial charge in [0.2, 0.25) is 5.91 Å². The smallest absolute Gasteiger partial charge is 0.219 e. The highest BCUT2D eigenvalue weighted by Gasteiger charge is 2.26. The van der Waals surface area contributed by atoms with Crippen LogP contribution in [0.1, 0.15) is 48.3 Å². The molecule has 3 heterocycles. The van der Waals surface area contributed by atoms with Gasteiger partial charge in [-0.2, -0.15) is 0 Å². The number of rotatable bonds is 3. The second-order valence-electron chi connectivity index (χ2n) is 7.59. The molecule has 0 N–H and O–H groups in total. The maximum atomic E-state index is 13.4. The van der Waals surface area contributed by atoms with Crippen LogP contribution in [0, 0.1) is 5.82 Å². The van der Waals surface area contributed by atoms with E-state index < -0.39 is 0 Å². The molecule has 6 heteroatoms. The van der Waals surface area contributed by atoms with Gasteiger partial charge in [0.15, 0.2) is 0 Å². The molecule has 1 saturated heterocycles. The van der Waals surface area contributed by atoms with Crippen molar-refractivity contribution >= 4 is 5.91 Å². The molecule has 1 fully saturated rings. The Labute approximate surface area is 159 Å². The molecule has 2 aliphatic rings. The summed E-state index contributed by atoms with van der Waals surface area (Å²) in [5.74, 6) is 1.14. The highest BCUT2D eigenvalue weighted by Crippen LogP contribution is 2.27. The molecular weight excluding hydrogens is 343 g/mol. The number of carbonyl (C=O) groups excluding carboxylic acids is 1. The molecule has 142 valence electrons. The van der Waals surface area contributed by atoms with Crippen molar-refractivity contribution in [2.24, 2.45) is 0 Å². The van der Waals surface area contributed by atoms with Crippen molar-refractivity contribution in [3.63, 3.8) is 0 Å². The quantitative estimate of drug-likeness (QED) is 0.836. The highest BCUT2D eigenvalue weighted by atomic mass is 19.1. The van der Waals surface area contributed by atoms with E-state index in [1.807, 2.05) is 17.2 Å². The van der Waals surface area contributed by atoms with Gasteiger partial charge < -0.3 is 4.90 Å². The molecule has 4 rings (SSSR count). The fourth-order valence-electron chi connectivity index (χ4n) is 4.10. The Hall–Kier alpha value is -2.34. The average molecular weight is 368 g/mol. The number of aromatic nitrogens is 2. The van der Waals surface area contributed by atoms with E-state index in [1.54, 1.807) is 19.1 Å². The van der Waals surface area contributed by atoms with E-state index in [0.717, 1.165) is 68.1 Å². The summed E-state index contributed by atoms with van der Waals surface area (Å²) in [5.41, 5.74) is 3.15. The summed E-state index contributed by atoms with van der Waals surface area (Å²) in [7, 11) is 0. The Bertz CT molecular complexity index is 841. The highest BCUT2D eigenvalue weighted by molar-refractivity contribution is 5.73. The molecule has 5 nitrogen and oxygen atoms in total. The van der Waals surface area contributed by atoms with Crippen molar-refractivity contribution in [1.82, 2.24) is 19.8 Å². The Kier molecular flexibility index (Phi) is 5.16. The van der Waals surface area contributed by atoms with Gasteiger partial charge in [-0.25, -0.2) is 14.4 Å². The summed E-state index contributed by atoms with van der Waals surface area (Å²) in [6, 6.07) is 6.84. The van der Waals surface area contributed by atoms with Gasteiger partial charge >= 0.3 is 0 Å². The van der Waals surface area contributed by atoms with Crippen LogP contribution < -0.4 is 0 Å². The van der Waals surface area contributed by atoms with E-state index >= 15 is 0 Å². The Morgan fingerprint density at radius 2 is 2.22 bits per heavy atom. The topological polar surface area (TPSA) is 49.3 Å². The number of piperidine rings is 1. The third-order valence-corrected chi connectivity index (χ3v) is 5.56. The van der Waals surface area contributed by atoms with Crippen molar-refractivity contribution in [3.8, 4) is 0 Å². The molecule has 27 heavy (non-hydrogen) atoms. The molecule has 1 atom stereocenters. The molecule has 1 aromatic heterocycles. The summed E-state index contributed by atoms with van der Waals surface area (Å²) in [4.78, 5) is 25.3. The lowest BCUT2D eigenvalue weighted by Crippen LogP contribution is -2.36. The maximum absolute atomic E-state index is 13.4. The normalized spacial score (nSPS) is 20.4. The molecule has 1 aromatic carbocycles. The van der Waals surface area contributed by atoms with Gasteiger partial charge in [-0.1, -0.05) is 12.1 Å². The number of benzene rings is 1. The Morgan fingerprint density at radius 3 is 3.04 bits per heavy atom. The molecule has 1 amide bonds. The van der Waals surface area contributed by atoms with Gasteiger partial charge in [0.1, 0.15) is 11.6 Å². The van der Waals surface area contributed by atoms with Gasteiger partial charge in [0, 0.05) is 57.2 Å². The minimum Gasteiger partial charge on any atom is -0.338 e. The zero-order chi connectivity index (χ0) is 18.8. The summed E-state index contributed by atoms with van der Waals surface area (Å²) in [6.45, 7) is 5.62. The van der Waals surface area contributed by atoms with Crippen molar-refractivity contribution in [2.75, 3.05) is 19.6 Å². The SMILES string of the molecule is CC(=O)N1CCc2nc([C@H]3CCCN(Cc4cccc(F)c4)C3)ncc2C1. The van der Waals surface area contributed by atoms with Crippen LogP contribution in [0.25, 0.3) is 0 Å². The first-order valence-corrected chi connectivity index (χ1v) is 9.65. The summed E-state index contributed by atoms with van der Waals surface area (Å²) >= 11 is 0. The lowest BCUT2D eigenvalue weighted by atomic mass is 9.96. The van der Waals surface area contributed by atoms with Crippen molar-refractivity contribution in [2.45, 2.75) is 45.2 Å². The number of carbonyl (C=O) groups is 1. The van der Waals surface area contributed by atoms with Crippen LogP contribution in [-0.4, -0.2) is 45.3 Å². The van der Waals surface area contributed by atoms with Crippen LogP contribution in [0.15, 0.2) is 30.5 Å². The number of nitrogens with zero attached hydrogens (tertiary/aromatic N) is 4. The predicted molar refractivity (Wildman–Crippen MR) is 100 cm³/mol. The molecule has 0 unspecified atom stereocenters. The summed E-state index contributed by atoms with van der Waals surface area (Å²) in [6.07, 6.45) is 4.87. The lowest BCUT2D eigenvalue weighted by Gasteiger charge is -2.33. The predicted octanol–water partition coefficient (Wildman–Crippen LogP) is 2.90. The van der Waals surface area contributed by atoms with Gasteiger partial charge in [0.05, 0.1) is 5.69 Å². The molecule has 0 saturated carbocycles. The summed E-state index contributed by atoms with van der Waals surface area (Å²) in [5, 5.41) is 0. The zero-order valence-electron chi connectivity index (χ0n) is 15.7. The zero-order valence-corrected chi connectivity index (χ0v) is 15.7.